The zero-order valence-corrected chi connectivity index (χ0v) is 16.6. The van der Waals surface area contributed by atoms with Crippen LogP contribution in [0, 0.1) is 5.92 Å². The monoisotopic (exact) mass is 382 g/mol. The molecular weight excluding hydrogens is 352 g/mol. The summed E-state index contributed by atoms with van der Waals surface area (Å²) >= 11 is 0. The molecule has 2 aromatic rings. The van der Waals surface area contributed by atoms with Crippen LogP contribution < -0.4 is 14.8 Å². The van der Waals surface area contributed by atoms with Crippen molar-refractivity contribution in [1.82, 2.24) is 10.2 Å². The second-order valence-corrected chi connectivity index (χ2v) is 7.17. The average Bonchev–Trinajstić information content (AvgIpc) is 2.76. The van der Waals surface area contributed by atoms with Crippen LogP contribution in [0.1, 0.15) is 25.3 Å². The minimum absolute atomic E-state index is 0.0614. The SMILES string of the molecule is CCNCC1CCN(C(=O)COc2ccc(OCc3ccccc3)cc2)CC1. The number of hydrogen-bond acceptors (Lipinski definition) is 4. The average molecular weight is 383 g/mol. The first-order chi connectivity index (χ1) is 13.7. The van der Waals surface area contributed by atoms with Gasteiger partial charge >= 0.3 is 0 Å². The molecule has 28 heavy (non-hydrogen) atoms. The van der Waals surface area contributed by atoms with Crippen molar-refractivity contribution in [2.24, 2.45) is 5.92 Å². The van der Waals surface area contributed by atoms with Crippen LogP contribution >= 0.6 is 0 Å². The molecular formula is C23H30N2O3. The highest BCUT2D eigenvalue weighted by molar-refractivity contribution is 5.77. The molecule has 1 aliphatic heterocycles. The predicted molar refractivity (Wildman–Crippen MR) is 111 cm³/mol. The highest BCUT2D eigenvalue weighted by Gasteiger charge is 2.22. The molecule has 0 atom stereocenters. The van der Waals surface area contributed by atoms with Gasteiger partial charge in [0.05, 0.1) is 0 Å². The van der Waals surface area contributed by atoms with Gasteiger partial charge in [-0.2, -0.15) is 0 Å². The van der Waals surface area contributed by atoms with Crippen molar-refractivity contribution in [3.63, 3.8) is 0 Å². The maximum Gasteiger partial charge on any atom is 0.260 e. The van der Waals surface area contributed by atoms with Gasteiger partial charge in [0.1, 0.15) is 18.1 Å². The molecule has 0 unspecified atom stereocenters. The second kappa shape index (κ2) is 10.7. The van der Waals surface area contributed by atoms with Crippen LogP contribution in [0.2, 0.25) is 0 Å². The smallest absolute Gasteiger partial charge is 0.260 e. The normalized spacial score (nSPS) is 14.7. The van der Waals surface area contributed by atoms with E-state index in [2.05, 4.69) is 12.2 Å². The summed E-state index contributed by atoms with van der Waals surface area (Å²) in [6.45, 7) is 6.44. The first-order valence-corrected chi connectivity index (χ1v) is 10.1. The summed E-state index contributed by atoms with van der Waals surface area (Å²) in [5, 5.41) is 3.39. The van der Waals surface area contributed by atoms with E-state index in [1.165, 1.54) is 0 Å². The quantitative estimate of drug-likeness (QED) is 0.721. The van der Waals surface area contributed by atoms with Crippen molar-refractivity contribution in [2.45, 2.75) is 26.4 Å². The Hall–Kier alpha value is -2.53. The van der Waals surface area contributed by atoms with Gasteiger partial charge in [-0.1, -0.05) is 37.3 Å². The number of ether oxygens (including phenoxy) is 2. The summed E-state index contributed by atoms with van der Waals surface area (Å²) < 4.78 is 11.4. The Balaban J connectivity index is 1.38. The highest BCUT2D eigenvalue weighted by Crippen LogP contribution is 2.20. The van der Waals surface area contributed by atoms with E-state index in [4.69, 9.17) is 9.47 Å². The zero-order chi connectivity index (χ0) is 19.6. The van der Waals surface area contributed by atoms with Gasteiger partial charge in [-0.25, -0.2) is 0 Å². The van der Waals surface area contributed by atoms with Gasteiger partial charge in [-0.3, -0.25) is 4.79 Å². The van der Waals surface area contributed by atoms with Crippen molar-refractivity contribution in [2.75, 3.05) is 32.8 Å². The Morgan fingerprint density at radius 2 is 1.64 bits per heavy atom. The minimum atomic E-state index is 0.0614. The van der Waals surface area contributed by atoms with Crippen LogP contribution in [-0.2, 0) is 11.4 Å². The molecule has 0 aromatic heterocycles. The van der Waals surface area contributed by atoms with Crippen LogP contribution in [0.15, 0.2) is 54.6 Å². The van der Waals surface area contributed by atoms with E-state index in [9.17, 15) is 4.79 Å². The molecule has 1 amide bonds. The van der Waals surface area contributed by atoms with Crippen molar-refractivity contribution in [3.05, 3.63) is 60.2 Å². The van der Waals surface area contributed by atoms with Gasteiger partial charge in [-0.05, 0) is 61.7 Å². The molecule has 1 fully saturated rings. The fourth-order valence-corrected chi connectivity index (χ4v) is 3.34. The van der Waals surface area contributed by atoms with E-state index >= 15 is 0 Å². The zero-order valence-electron chi connectivity index (χ0n) is 16.6. The van der Waals surface area contributed by atoms with Crippen molar-refractivity contribution in [3.8, 4) is 11.5 Å². The Labute approximate surface area is 167 Å². The van der Waals surface area contributed by atoms with Crippen molar-refractivity contribution in [1.29, 1.82) is 0 Å². The lowest BCUT2D eigenvalue weighted by atomic mass is 9.97. The number of amides is 1. The lowest BCUT2D eigenvalue weighted by molar-refractivity contribution is -0.134. The molecule has 0 aliphatic carbocycles. The molecule has 0 spiro atoms. The number of hydrogen-bond donors (Lipinski definition) is 1. The van der Waals surface area contributed by atoms with E-state index in [1.54, 1.807) is 0 Å². The van der Waals surface area contributed by atoms with Gasteiger partial charge < -0.3 is 19.7 Å². The van der Waals surface area contributed by atoms with Gasteiger partial charge in [0.25, 0.3) is 5.91 Å². The molecule has 1 N–H and O–H groups in total. The maximum absolute atomic E-state index is 12.4. The van der Waals surface area contributed by atoms with Crippen LogP contribution in [0.4, 0.5) is 0 Å². The number of rotatable bonds is 9. The third kappa shape index (κ3) is 6.27. The Kier molecular flexibility index (Phi) is 7.73. The molecule has 0 radical (unpaired) electrons. The van der Waals surface area contributed by atoms with Crippen molar-refractivity contribution >= 4 is 5.91 Å². The number of piperidine rings is 1. The summed E-state index contributed by atoms with van der Waals surface area (Å²) in [6, 6.07) is 17.5. The summed E-state index contributed by atoms with van der Waals surface area (Å²) in [5.74, 6) is 2.20. The van der Waals surface area contributed by atoms with Gasteiger partial charge in [0.15, 0.2) is 6.61 Å². The van der Waals surface area contributed by atoms with Crippen LogP contribution in [0.3, 0.4) is 0 Å². The number of likely N-dealkylation sites (tertiary alicyclic amines) is 1. The number of carbonyl (C=O) groups is 1. The first-order valence-electron chi connectivity index (χ1n) is 10.1. The number of nitrogens with zero attached hydrogens (tertiary/aromatic N) is 1. The van der Waals surface area contributed by atoms with E-state index in [1.807, 2.05) is 59.5 Å². The van der Waals surface area contributed by atoms with Gasteiger partial charge in [0, 0.05) is 13.1 Å². The topological polar surface area (TPSA) is 50.8 Å². The molecule has 1 saturated heterocycles. The third-order valence-electron chi connectivity index (χ3n) is 5.08. The van der Waals surface area contributed by atoms with Gasteiger partial charge in [0.2, 0.25) is 0 Å². The van der Waals surface area contributed by atoms with Crippen molar-refractivity contribution < 1.29 is 14.3 Å². The number of nitrogens with one attached hydrogen (secondary N) is 1. The van der Waals surface area contributed by atoms with E-state index < -0.39 is 0 Å². The molecule has 1 heterocycles. The Bertz CT molecular complexity index is 710. The number of carbonyl (C=O) groups excluding carboxylic acids is 1. The lowest BCUT2D eigenvalue weighted by Crippen LogP contribution is -2.42. The largest absolute Gasteiger partial charge is 0.489 e. The lowest BCUT2D eigenvalue weighted by Gasteiger charge is -2.32. The molecule has 1 aliphatic rings. The molecule has 3 rings (SSSR count). The predicted octanol–water partition coefficient (Wildman–Crippen LogP) is 3.49. The van der Waals surface area contributed by atoms with Crippen LogP contribution in [-0.4, -0.2) is 43.6 Å². The minimum Gasteiger partial charge on any atom is -0.489 e. The van der Waals surface area contributed by atoms with Crippen LogP contribution in [0.5, 0.6) is 11.5 Å². The first kappa shape index (κ1) is 20.2. The fraction of sp³-hybridized carbons (Fsp3) is 0.435. The molecule has 150 valence electrons. The molecule has 0 saturated carbocycles. The van der Waals surface area contributed by atoms with E-state index in [0.717, 1.165) is 50.3 Å². The highest BCUT2D eigenvalue weighted by atomic mass is 16.5. The molecule has 2 aromatic carbocycles. The Morgan fingerprint density at radius 3 is 2.29 bits per heavy atom. The Morgan fingerprint density at radius 1 is 1.00 bits per heavy atom. The van der Waals surface area contributed by atoms with E-state index in [-0.39, 0.29) is 12.5 Å². The molecule has 0 bridgehead atoms. The standard InChI is InChI=1S/C23H30N2O3/c1-2-24-16-19-12-14-25(15-13-19)23(26)18-28-22-10-8-21(9-11-22)27-17-20-6-4-3-5-7-20/h3-11,19,24H,2,12-18H2,1H3. The summed E-state index contributed by atoms with van der Waals surface area (Å²) in [5.41, 5.74) is 1.13. The third-order valence-corrected chi connectivity index (χ3v) is 5.08. The van der Waals surface area contributed by atoms with Gasteiger partial charge in [-0.15, -0.1) is 0 Å². The molecule has 5 nitrogen and oxygen atoms in total. The number of benzene rings is 2. The fourth-order valence-electron chi connectivity index (χ4n) is 3.34. The van der Waals surface area contributed by atoms with Crippen LogP contribution in [0.25, 0.3) is 0 Å². The summed E-state index contributed by atoms with van der Waals surface area (Å²) in [6.07, 6.45) is 2.12. The second-order valence-electron chi connectivity index (χ2n) is 7.17. The summed E-state index contributed by atoms with van der Waals surface area (Å²) in [7, 11) is 0. The molecule has 5 heteroatoms. The summed E-state index contributed by atoms with van der Waals surface area (Å²) in [4.78, 5) is 14.3. The van der Waals surface area contributed by atoms with E-state index in [0.29, 0.717) is 18.3 Å². The maximum atomic E-state index is 12.4.